The van der Waals surface area contributed by atoms with Gasteiger partial charge in [-0.3, -0.25) is 0 Å². The van der Waals surface area contributed by atoms with Crippen LogP contribution in [-0.2, 0) is 0 Å². The van der Waals surface area contributed by atoms with Crippen molar-refractivity contribution in [2.45, 2.75) is 6.92 Å². The summed E-state index contributed by atoms with van der Waals surface area (Å²) in [6, 6.07) is 8.15. The average Bonchev–Trinajstić information content (AvgIpc) is 2.41. The van der Waals surface area contributed by atoms with Gasteiger partial charge in [-0.15, -0.1) is 0 Å². The number of anilines is 1. The highest BCUT2D eigenvalue weighted by atomic mass is 19.1. The van der Waals surface area contributed by atoms with E-state index in [1.807, 2.05) is 6.07 Å². The summed E-state index contributed by atoms with van der Waals surface area (Å²) in [5.74, 6) is -0.153. The minimum Gasteiger partial charge on any atom is -0.491 e. The summed E-state index contributed by atoms with van der Waals surface area (Å²) in [7, 11) is 0. The fourth-order valence-corrected chi connectivity index (χ4v) is 1.78. The molecule has 0 unspecified atom stereocenters. The van der Waals surface area contributed by atoms with Crippen LogP contribution in [-0.4, -0.2) is 11.6 Å². The highest BCUT2D eigenvalue weighted by molar-refractivity contribution is 5.75. The second-order valence-electron chi connectivity index (χ2n) is 3.81. The van der Waals surface area contributed by atoms with Gasteiger partial charge in [0.15, 0.2) is 11.6 Å². The summed E-state index contributed by atoms with van der Waals surface area (Å²) in [4.78, 5) is 3.84. The first-order valence-corrected chi connectivity index (χ1v) is 5.74. The van der Waals surface area contributed by atoms with Gasteiger partial charge in [-0.05, 0) is 30.7 Å². The number of nitrogens with two attached hydrogens (primary N) is 1. The van der Waals surface area contributed by atoms with Crippen LogP contribution in [0.25, 0.3) is 11.1 Å². The predicted molar refractivity (Wildman–Crippen MR) is 69.9 cm³/mol. The van der Waals surface area contributed by atoms with E-state index in [9.17, 15) is 4.39 Å². The van der Waals surface area contributed by atoms with Crippen molar-refractivity contribution in [1.29, 1.82) is 5.26 Å². The summed E-state index contributed by atoms with van der Waals surface area (Å²) in [6.45, 7) is 2.17. The lowest BCUT2D eigenvalue weighted by atomic mass is 10.0. The van der Waals surface area contributed by atoms with Crippen LogP contribution in [0.2, 0.25) is 0 Å². The Hall–Kier alpha value is -2.61. The molecule has 0 aliphatic rings. The number of nitriles is 1. The zero-order valence-electron chi connectivity index (χ0n) is 10.4. The first-order chi connectivity index (χ1) is 9.17. The van der Waals surface area contributed by atoms with E-state index in [2.05, 4.69) is 4.98 Å². The lowest BCUT2D eigenvalue weighted by Gasteiger charge is -2.09. The van der Waals surface area contributed by atoms with E-state index < -0.39 is 5.82 Å². The zero-order chi connectivity index (χ0) is 13.8. The quantitative estimate of drug-likeness (QED) is 0.917. The molecule has 4 nitrogen and oxygen atoms in total. The van der Waals surface area contributed by atoms with E-state index in [1.165, 1.54) is 18.3 Å². The first kappa shape index (κ1) is 12.8. The molecule has 0 bridgehead atoms. The third kappa shape index (κ3) is 2.47. The van der Waals surface area contributed by atoms with Gasteiger partial charge in [0.25, 0.3) is 0 Å². The standard InChI is InChI=1S/C14H12FN3O/c1-2-19-13-4-3-9(7-12(13)15)10-5-6-18-14(17)11(10)8-16/h3-7H,2H2,1H3,(H2,17,18). The number of aromatic nitrogens is 1. The molecule has 0 atom stereocenters. The van der Waals surface area contributed by atoms with Gasteiger partial charge in [0.1, 0.15) is 17.5 Å². The van der Waals surface area contributed by atoms with E-state index in [4.69, 9.17) is 15.7 Å². The number of benzene rings is 1. The monoisotopic (exact) mass is 257 g/mol. The van der Waals surface area contributed by atoms with Gasteiger partial charge in [0, 0.05) is 11.8 Å². The van der Waals surface area contributed by atoms with E-state index in [0.29, 0.717) is 17.7 Å². The average molecular weight is 257 g/mol. The van der Waals surface area contributed by atoms with Crippen molar-refractivity contribution in [1.82, 2.24) is 4.98 Å². The van der Waals surface area contributed by atoms with Crippen LogP contribution < -0.4 is 10.5 Å². The number of ether oxygens (including phenoxy) is 1. The van der Waals surface area contributed by atoms with Crippen molar-refractivity contribution in [3.63, 3.8) is 0 Å². The van der Waals surface area contributed by atoms with Gasteiger partial charge < -0.3 is 10.5 Å². The third-order valence-electron chi connectivity index (χ3n) is 2.63. The molecule has 1 aromatic carbocycles. The molecule has 0 fully saturated rings. The van der Waals surface area contributed by atoms with Crippen LogP contribution in [0.15, 0.2) is 30.5 Å². The minimum absolute atomic E-state index is 0.134. The number of pyridine rings is 1. The zero-order valence-corrected chi connectivity index (χ0v) is 10.4. The molecule has 19 heavy (non-hydrogen) atoms. The number of rotatable bonds is 3. The molecule has 2 rings (SSSR count). The van der Waals surface area contributed by atoms with Gasteiger partial charge in [-0.25, -0.2) is 9.37 Å². The smallest absolute Gasteiger partial charge is 0.165 e. The lowest BCUT2D eigenvalue weighted by molar-refractivity contribution is 0.321. The maximum atomic E-state index is 13.8. The summed E-state index contributed by atoms with van der Waals surface area (Å²) >= 11 is 0. The Morgan fingerprint density at radius 1 is 1.42 bits per heavy atom. The Balaban J connectivity index is 2.52. The molecule has 0 saturated heterocycles. The molecule has 0 amide bonds. The van der Waals surface area contributed by atoms with Crippen LogP contribution >= 0.6 is 0 Å². The van der Waals surface area contributed by atoms with Crippen LogP contribution in [0.3, 0.4) is 0 Å². The highest BCUT2D eigenvalue weighted by Gasteiger charge is 2.11. The molecule has 2 aromatic rings. The molecular weight excluding hydrogens is 245 g/mol. The number of halogens is 1. The highest BCUT2D eigenvalue weighted by Crippen LogP contribution is 2.29. The van der Waals surface area contributed by atoms with E-state index in [1.54, 1.807) is 19.1 Å². The molecule has 2 N–H and O–H groups in total. The maximum Gasteiger partial charge on any atom is 0.165 e. The maximum absolute atomic E-state index is 13.8. The number of hydrogen-bond donors (Lipinski definition) is 1. The summed E-state index contributed by atoms with van der Waals surface area (Å²) in [5, 5.41) is 9.08. The molecule has 5 heteroatoms. The minimum atomic E-state index is -0.473. The van der Waals surface area contributed by atoms with Crippen molar-refractivity contribution in [3.05, 3.63) is 41.8 Å². The first-order valence-electron chi connectivity index (χ1n) is 5.74. The fraction of sp³-hybridized carbons (Fsp3) is 0.143. The molecule has 0 aliphatic heterocycles. The molecule has 0 aliphatic carbocycles. The van der Waals surface area contributed by atoms with Gasteiger partial charge in [-0.1, -0.05) is 6.07 Å². The fourth-order valence-electron chi connectivity index (χ4n) is 1.78. The van der Waals surface area contributed by atoms with Crippen LogP contribution in [0, 0.1) is 17.1 Å². The van der Waals surface area contributed by atoms with Crippen molar-refractivity contribution in [2.24, 2.45) is 0 Å². The Morgan fingerprint density at radius 3 is 2.84 bits per heavy atom. The normalized spacial score (nSPS) is 9.95. The number of nitrogens with zero attached hydrogens (tertiary/aromatic N) is 2. The van der Waals surface area contributed by atoms with Crippen LogP contribution in [0.4, 0.5) is 10.2 Å². The number of nitrogen functional groups attached to an aromatic ring is 1. The molecule has 0 saturated carbocycles. The van der Waals surface area contributed by atoms with Crippen molar-refractivity contribution in [3.8, 4) is 22.9 Å². The van der Waals surface area contributed by atoms with Gasteiger partial charge in [-0.2, -0.15) is 5.26 Å². The van der Waals surface area contributed by atoms with Crippen LogP contribution in [0.5, 0.6) is 5.75 Å². The second-order valence-corrected chi connectivity index (χ2v) is 3.81. The largest absolute Gasteiger partial charge is 0.491 e. The van der Waals surface area contributed by atoms with E-state index in [-0.39, 0.29) is 17.1 Å². The Bertz CT molecular complexity index is 650. The predicted octanol–water partition coefficient (Wildman–Crippen LogP) is 2.74. The molecule has 96 valence electrons. The Labute approximate surface area is 110 Å². The number of hydrogen-bond acceptors (Lipinski definition) is 4. The Morgan fingerprint density at radius 2 is 2.21 bits per heavy atom. The summed E-state index contributed by atoms with van der Waals surface area (Å²) in [5.41, 5.74) is 6.99. The molecule has 0 radical (unpaired) electrons. The molecular formula is C14H12FN3O. The summed E-state index contributed by atoms with van der Waals surface area (Å²) in [6.07, 6.45) is 1.49. The van der Waals surface area contributed by atoms with Crippen molar-refractivity contribution in [2.75, 3.05) is 12.3 Å². The molecule has 1 aromatic heterocycles. The second kappa shape index (κ2) is 5.36. The topological polar surface area (TPSA) is 71.9 Å². The van der Waals surface area contributed by atoms with Gasteiger partial charge >= 0.3 is 0 Å². The van der Waals surface area contributed by atoms with Gasteiger partial charge in [0.05, 0.1) is 6.61 Å². The van der Waals surface area contributed by atoms with Crippen molar-refractivity contribution < 1.29 is 9.13 Å². The lowest BCUT2D eigenvalue weighted by Crippen LogP contribution is -1.98. The molecule has 0 spiro atoms. The van der Waals surface area contributed by atoms with Crippen LogP contribution in [0.1, 0.15) is 12.5 Å². The van der Waals surface area contributed by atoms with Crippen molar-refractivity contribution >= 4 is 5.82 Å². The van der Waals surface area contributed by atoms with E-state index in [0.717, 1.165) is 0 Å². The van der Waals surface area contributed by atoms with Gasteiger partial charge in [0.2, 0.25) is 0 Å². The summed E-state index contributed by atoms with van der Waals surface area (Å²) < 4.78 is 18.9. The Kier molecular flexibility index (Phi) is 3.62. The molecule has 1 heterocycles. The van der Waals surface area contributed by atoms with E-state index >= 15 is 0 Å². The SMILES string of the molecule is CCOc1ccc(-c2ccnc(N)c2C#N)cc1F. The third-order valence-corrected chi connectivity index (χ3v) is 2.63.